The minimum Gasteiger partial charge on any atom is -0.352 e. The number of carbonyl (C=O) groups is 2. The van der Waals surface area contributed by atoms with Crippen LogP contribution in [0, 0.1) is 0 Å². The molecule has 1 aromatic heterocycles. The number of amides is 2. The minimum atomic E-state index is -0.540. The summed E-state index contributed by atoms with van der Waals surface area (Å²) in [6, 6.07) is 3.04. The standard InChI is InChI=1S/C17H27N3O2S/c1-13(19-16(22)14-8-7-11-23-14)15(21)18-12-17(2,3)20-9-5-4-6-10-20/h7-8,11,13H,4-6,9-10,12H2,1-3H3,(H,18,21)(H,19,22). The summed E-state index contributed by atoms with van der Waals surface area (Å²) in [6.07, 6.45) is 3.75. The van der Waals surface area contributed by atoms with E-state index >= 15 is 0 Å². The van der Waals surface area contributed by atoms with Gasteiger partial charge in [0.25, 0.3) is 5.91 Å². The lowest BCUT2D eigenvalue weighted by Gasteiger charge is -2.41. The highest BCUT2D eigenvalue weighted by Gasteiger charge is 2.29. The van der Waals surface area contributed by atoms with Gasteiger partial charge < -0.3 is 10.6 Å². The zero-order valence-corrected chi connectivity index (χ0v) is 15.0. The van der Waals surface area contributed by atoms with Crippen molar-refractivity contribution >= 4 is 23.2 Å². The van der Waals surface area contributed by atoms with Crippen molar-refractivity contribution in [3.8, 4) is 0 Å². The summed E-state index contributed by atoms with van der Waals surface area (Å²) < 4.78 is 0. The maximum absolute atomic E-state index is 12.2. The van der Waals surface area contributed by atoms with Gasteiger partial charge in [0.2, 0.25) is 5.91 Å². The van der Waals surface area contributed by atoms with Gasteiger partial charge in [0.1, 0.15) is 6.04 Å². The molecule has 0 spiro atoms. The van der Waals surface area contributed by atoms with Crippen molar-refractivity contribution in [3.05, 3.63) is 22.4 Å². The predicted octanol–water partition coefficient (Wildman–Crippen LogP) is 2.25. The van der Waals surface area contributed by atoms with Crippen molar-refractivity contribution in [2.45, 2.75) is 51.6 Å². The van der Waals surface area contributed by atoms with Crippen LogP contribution < -0.4 is 10.6 Å². The molecule has 0 saturated carbocycles. The van der Waals surface area contributed by atoms with Crippen LogP contribution in [-0.4, -0.2) is 47.9 Å². The van der Waals surface area contributed by atoms with E-state index in [9.17, 15) is 9.59 Å². The Kier molecular flexibility index (Phi) is 6.18. The van der Waals surface area contributed by atoms with Gasteiger partial charge >= 0.3 is 0 Å². The normalized spacial score (nSPS) is 17.5. The minimum absolute atomic E-state index is 0.0619. The molecule has 0 aliphatic carbocycles. The first-order valence-electron chi connectivity index (χ1n) is 8.27. The van der Waals surface area contributed by atoms with Crippen LogP contribution in [0.4, 0.5) is 0 Å². The first-order valence-corrected chi connectivity index (χ1v) is 9.15. The van der Waals surface area contributed by atoms with E-state index < -0.39 is 6.04 Å². The first-order chi connectivity index (χ1) is 10.9. The van der Waals surface area contributed by atoms with Crippen molar-refractivity contribution in [2.75, 3.05) is 19.6 Å². The molecule has 1 unspecified atom stereocenters. The number of hydrogen-bond donors (Lipinski definition) is 2. The van der Waals surface area contributed by atoms with E-state index in [1.807, 2.05) is 11.4 Å². The second-order valence-electron chi connectivity index (χ2n) is 6.75. The third kappa shape index (κ3) is 5.04. The molecule has 5 nitrogen and oxygen atoms in total. The third-order valence-electron chi connectivity index (χ3n) is 4.39. The molecule has 1 fully saturated rings. The number of likely N-dealkylation sites (tertiary alicyclic amines) is 1. The molecular formula is C17H27N3O2S. The van der Waals surface area contributed by atoms with Gasteiger partial charge in [-0.1, -0.05) is 12.5 Å². The van der Waals surface area contributed by atoms with Gasteiger partial charge in [0.15, 0.2) is 0 Å². The smallest absolute Gasteiger partial charge is 0.261 e. The van der Waals surface area contributed by atoms with Gasteiger partial charge in [-0.3, -0.25) is 14.5 Å². The maximum atomic E-state index is 12.2. The molecule has 6 heteroatoms. The molecule has 0 bridgehead atoms. The van der Waals surface area contributed by atoms with Crippen molar-refractivity contribution in [3.63, 3.8) is 0 Å². The average Bonchev–Trinajstić information content (AvgIpc) is 3.08. The van der Waals surface area contributed by atoms with E-state index in [1.54, 1.807) is 13.0 Å². The van der Waals surface area contributed by atoms with Gasteiger partial charge in [-0.2, -0.15) is 0 Å². The Morgan fingerprint density at radius 3 is 2.61 bits per heavy atom. The second-order valence-corrected chi connectivity index (χ2v) is 7.70. The van der Waals surface area contributed by atoms with Gasteiger partial charge in [-0.15, -0.1) is 11.3 Å². The van der Waals surface area contributed by atoms with Gasteiger partial charge in [-0.05, 0) is 58.1 Å². The summed E-state index contributed by atoms with van der Waals surface area (Å²) in [4.78, 5) is 27.3. The number of rotatable bonds is 6. The quantitative estimate of drug-likeness (QED) is 0.837. The van der Waals surface area contributed by atoms with E-state index in [2.05, 4.69) is 29.4 Å². The van der Waals surface area contributed by atoms with Gasteiger partial charge in [-0.25, -0.2) is 0 Å². The van der Waals surface area contributed by atoms with Crippen molar-refractivity contribution in [1.29, 1.82) is 0 Å². The number of hydrogen-bond acceptors (Lipinski definition) is 4. The van der Waals surface area contributed by atoms with Crippen molar-refractivity contribution in [2.24, 2.45) is 0 Å². The topological polar surface area (TPSA) is 61.4 Å². The largest absolute Gasteiger partial charge is 0.352 e. The summed E-state index contributed by atoms with van der Waals surface area (Å²) in [5, 5.41) is 7.57. The zero-order chi connectivity index (χ0) is 16.9. The van der Waals surface area contributed by atoms with Crippen molar-refractivity contribution < 1.29 is 9.59 Å². The molecule has 0 radical (unpaired) electrons. The first kappa shape index (κ1) is 17.9. The fraction of sp³-hybridized carbons (Fsp3) is 0.647. The summed E-state index contributed by atoms with van der Waals surface area (Å²) in [7, 11) is 0. The van der Waals surface area contributed by atoms with Crippen molar-refractivity contribution in [1.82, 2.24) is 15.5 Å². The fourth-order valence-electron chi connectivity index (χ4n) is 2.81. The zero-order valence-electron chi connectivity index (χ0n) is 14.2. The number of piperidine rings is 1. The molecule has 1 aromatic rings. The number of carbonyl (C=O) groups excluding carboxylic acids is 2. The molecule has 2 heterocycles. The molecule has 2 rings (SSSR count). The number of nitrogens with one attached hydrogen (secondary N) is 2. The summed E-state index contributed by atoms with van der Waals surface area (Å²) in [5.74, 6) is -0.335. The summed E-state index contributed by atoms with van der Waals surface area (Å²) >= 11 is 1.37. The molecule has 0 aromatic carbocycles. The van der Waals surface area contributed by atoms with Crippen LogP contribution in [0.2, 0.25) is 0 Å². The lowest BCUT2D eigenvalue weighted by molar-refractivity contribution is -0.123. The lowest BCUT2D eigenvalue weighted by Crippen LogP contribution is -2.55. The Hall–Kier alpha value is -1.40. The Balaban J connectivity index is 1.80. The number of thiophene rings is 1. The van der Waals surface area contributed by atoms with Crippen LogP contribution in [0.1, 0.15) is 49.7 Å². The fourth-order valence-corrected chi connectivity index (χ4v) is 3.44. The highest BCUT2D eigenvalue weighted by molar-refractivity contribution is 7.12. The number of nitrogens with zero attached hydrogens (tertiary/aromatic N) is 1. The van der Waals surface area contributed by atoms with Crippen LogP contribution in [-0.2, 0) is 4.79 Å². The van der Waals surface area contributed by atoms with Gasteiger partial charge in [0, 0.05) is 12.1 Å². The Labute approximate surface area is 142 Å². The molecule has 2 N–H and O–H groups in total. The monoisotopic (exact) mass is 337 g/mol. The average molecular weight is 337 g/mol. The summed E-state index contributed by atoms with van der Waals surface area (Å²) in [5.41, 5.74) is -0.0619. The van der Waals surface area contributed by atoms with E-state index in [-0.39, 0.29) is 17.4 Å². The third-order valence-corrected chi connectivity index (χ3v) is 5.26. The van der Waals surface area contributed by atoms with Crippen LogP contribution in [0.25, 0.3) is 0 Å². The van der Waals surface area contributed by atoms with Crippen LogP contribution in [0.5, 0.6) is 0 Å². The Morgan fingerprint density at radius 2 is 2.00 bits per heavy atom. The molecule has 1 aliphatic heterocycles. The molecule has 128 valence electrons. The Morgan fingerprint density at radius 1 is 1.30 bits per heavy atom. The van der Waals surface area contributed by atoms with Crippen LogP contribution in [0.15, 0.2) is 17.5 Å². The summed E-state index contributed by atoms with van der Waals surface area (Å²) in [6.45, 7) is 8.81. The lowest BCUT2D eigenvalue weighted by atomic mass is 9.98. The van der Waals surface area contributed by atoms with E-state index in [0.29, 0.717) is 11.4 Å². The van der Waals surface area contributed by atoms with E-state index in [0.717, 1.165) is 13.1 Å². The molecule has 2 amide bonds. The van der Waals surface area contributed by atoms with E-state index in [1.165, 1.54) is 30.6 Å². The van der Waals surface area contributed by atoms with Gasteiger partial charge in [0.05, 0.1) is 4.88 Å². The maximum Gasteiger partial charge on any atom is 0.261 e. The van der Waals surface area contributed by atoms with Crippen LogP contribution in [0.3, 0.4) is 0 Å². The molecule has 23 heavy (non-hydrogen) atoms. The molecule has 1 aliphatic rings. The molecule has 1 saturated heterocycles. The highest BCUT2D eigenvalue weighted by atomic mass is 32.1. The second kappa shape index (κ2) is 7.93. The molecule has 1 atom stereocenters. The molecular weight excluding hydrogens is 310 g/mol. The Bertz CT molecular complexity index is 522. The highest BCUT2D eigenvalue weighted by Crippen LogP contribution is 2.19. The SMILES string of the molecule is CC(NC(=O)c1cccs1)C(=O)NCC(C)(C)N1CCCCC1. The van der Waals surface area contributed by atoms with Crippen LogP contribution >= 0.6 is 11.3 Å². The predicted molar refractivity (Wildman–Crippen MR) is 93.8 cm³/mol. The van der Waals surface area contributed by atoms with E-state index in [4.69, 9.17) is 0 Å².